The van der Waals surface area contributed by atoms with Crippen molar-refractivity contribution in [3.05, 3.63) is 28.5 Å². The third-order valence-electron chi connectivity index (χ3n) is 3.88. The molecule has 0 radical (unpaired) electrons. The average Bonchev–Trinajstić information content (AvgIpc) is 2.32. The van der Waals surface area contributed by atoms with Crippen molar-refractivity contribution >= 4 is 21.6 Å². The van der Waals surface area contributed by atoms with Gasteiger partial charge in [-0.3, -0.25) is 0 Å². The van der Waals surface area contributed by atoms with Crippen LogP contribution in [-0.4, -0.2) is 6.04 Å². The lowest BCUT2D eigenvalue weighted by Crippen LogP contribution is -2.28. The number of nitrogens with one attached hydrogen (secondary N) is 1. The van der Waals surface area contributed by atoms with Crippen molar-refractivity contribution in [3.8, 4) is 0 Å². The summed E-state index contributed by atoms with van der Waals surface area (Å²) >= 11 is 3.43. The van der Waals surface area contributed by atoms with Crippen molar-refractivity contribution in [1.82, 2.24) is 0 Å². The zero-order valence-electron chi connectivity index (χ0n) is 11.8. The Balaban J connectivity index is 1.94. The molecule has 1 aliphatic rings. The Morgan fingerprint density at radius 1 is 1.37 bits per heavy atom. The highest BCUT2D eigenvalue weighted by Crippen LogP contribution is 2.32. The molecule has 2 rings (SSSR count). The van der Waals surface area contributed by atoms with Gasteiger partial charge in [0.2, 0.25) is 0 Å². The lowest BCUT2D eigenvalue weighted by atomic mass is 9.81. The number of halogens is 2. The topological polar surface area (TPSA) is 12.0 Å². The maximum atomic E-state index is 13.1. The van der Waals surface area contributed by atoms with Gasteiger partial charge >= 0.3 is 0 Å². The van der Waals surface area contributed by atoms with E-state index in [0.29, 0.717) is 6.04 Å². The van der Waals surface area contributed by atoms with Gasteiger partial charge in [0.25, 0.3) is 0 Å². The van der Waals surface area contributed by atoms with Crippen LogP contribution >= 0.6 is 15.9 Å². The van der Waals surface area contributed by atoms with Crippen LogP contribution in [0, 0.1) is 17.7 Å². The highest BCUT2D eigenvalue weighted by molar-refractivity contribution is 9.10. The van der Waals surface area contributed by atoms with Gasteiger partial charge in [-0.2, -0.15) is 0 Å². The maximum absolute atomic E-state index is 13.1. The van der Waals surface area contributed by atoms with Crippen LogP contribution in [0.4, 0.5) is 10.1 Å². The molecule has 0 amide bonds. The number of hydrogen-bond donors (Lipinski definition) is 1. The molecule has 0 aliphatic heterocycles. The molecule has 0 saturated heterocycles. The largest absolute Gasteiger partial charge is 0.381 e. The second kappa shape index (κ2) is 6.74. The van der Waals surface area contributed by atoms with Crippen LogP contribution in [0.5, 0.6) is 0 Å². The van der Waals surface area contributed by atoms with E-state index >= 15 is 0 Å². The van der Waals surface area contributed by atoms with E-state index in [4.69, 9.17) is 0 Å². The molecule has 0 aromatic heterocycles. The molecule has 106 valence electrons. The van der Waals surface area contributed by atoms with Gasteiger partial charge in [0.05, 0.1) is 0 Å². The summed E-state index contributed by atoms with van der Waals surface area (Å²) in [6.45, 7) is 4.60. The fraction of sp³-hybridized carbons (Fsp3) is 0.625. The Labute approximate surface area is 124 Å². The number of hydrogen-bond acceptors (Lipinski definition) is 1. The predicted molar refractivity (Wildman–Crippen MR) is 82.9 cm³/mol. The van der Waals surface area contributed by atoms with Crippen molar-refractivity contribution in [2.75, 3.05) is 5.32 Å². The summed E-state index contributed by atoms with van der Waals surface area (Å²) in [7, 11) is 0. The molecule has 1 nitrogen and oxygen atoms in total. The van der Waals surface area contributed by atoms with Gasteiger partial charge in [0.15, 0.2) is 0 Å². The monoisotopic (exact) mass is 327 g/mol. The van der Waals surface area contributed by atoms with E-state index in [1.54, 1.807) is 0 Å². The Morgan fingerprint density at radius 3 is 2.84 bits per heavy atom. The van der Waals surface area contributed by atoms with E-state index in [-0.39, 0.29) is 5.82 Å². The highest BCUT2D eigenvalue weighted by atomic mass is 79.9. The minimum atomic E-state index is -0.196. The molecule has 1 fully saturated rings. The molecule has 1 aromatic rings. The first kappa shape index (κ1) is 14.8. The summed E-state index contributed by atoms with van der Waals surface area (Å²) in [5.74, 6) is 1.42. The van der Waals surface area contributed by atoms with Gasteiger partial charge in [-0.05, 0) is 65.2 Å². The first-order valence-electron chi connectivity index (χ1n) is 7.26. The maximum Gasteiger partial charge on any atom is 0.124 e. The smallest absolute Gasteiger partial charge is 0.124 e. The summed E-state index contributed by atoms with van der Waals surface area (Å²) in [4.78, 5) is 0. The van der Waals surface area contributed by atoms with Gasteiger partial charge in [0.1, 0.15) is 5.82 Å². The minimum absolute atomic E-state index is 0.196. The number of rotatable bonds is 4. The Kier molecular flexibility index (Phi) is 5.26. The Hall–Kier alpha value is -0.570. The third kappa shape index (κ3) is 4.48. The molecular formula is C16H23BrFN. The number of anilines is 1. The van der Waals surface area contributed by atoms with Crippen molar-refractivity contribution in [3.63, 3.8) is 0 Å². The van der Waals surface area contributed by atoms with Crippen LogP contribution in [0.25, 0.3) is 0 Å². The van der Waals surface area contributed by atoms with Crippen molar-refractivity contribution in [2.24, 2.45) is 11.8 Å². The lowest BCUT2D eigenvalue weighted by molar-refractivity contribution is 0.289. The third-order valence-corrected chi connectivity index (χ3v) is 4.53. The Morgan fingerprint density at radius 2 is 2.16 bits per heavy atom. The molecule has 0 bridgehead atoms. The molecule has 1 saturated carbocycles. The SMILES string of the molecule is CC(C)CC1CCCC(Nc2ccc(F)cc2Br)C1. The van der Waals surface area contributed by atoms with E-state index < -0.39 is 0 Å². The molecule has 1 N–H and O–H groups in total. The molecule has 2 unspecified atom stereocenters. The highest BCUT2D eigenvalue weighted by Gasteiger charge is 2.22. The molecule has 1 aromatic carbocycles. The van der Waals surface area contributed by atoms with Gasteiger partial charge in [-0.1, -0.05) is 26.7 Å². The molecule has 1 aliphatic carbocycles. The van der Waals surface area contributed by atoms with Gasteiger partial charge in [0, 0.05) is 16.2 Å². The summed E-state index contributed by atoms with van der Waals surface area (Å²) in [6, 6.07) is 5.39. The van der Waals surface area contributed by atoms with E-state index in [0.717, 1.165) is 22.0 Å². The average molecular weight is 328 g/mol. The molecule has 19 heavy (non-hydrogen) atoms. The standard InChI is InChI=1S/C16H23BrFN/c1-11(2)8-12-4-3-5-14(9-12)19-16-7-6-13(18)10-15(16)17/h6-7,10-12,14,19H,3-5,8-9H2,1-2H3. The van der Waals surface area contributed by atoms with E-state index in [1.807, 2.05) is 6.07 Å². The van der Waals surface area contributed by atoms with Gasteiger partial charge in [-0.15, -0.1) is 0 Å². The lowest BCUT2D eigenvalue weighted by Gasteiger charge is -2.31. The van der Waals surface area contributed by atoms with Crippen LogP contribution in [0.2, 0.25) is 0 Å². The summed E-state index contributed by atoms with van der Waals surface area (Å²) < 4.78 is 13.9. The first-order chi connectivity index (χ1) is 9.04. The molecule has 2 atom stereocenters. The second-order valence-corrected chi connectivity index (χ2v) is 6.98. The zero-order valence-corrected chi connectivity index (χ0v) is 13.3. The van der Waals surface area contributed by atoms with Gasteiger partial charge in [-0.25, -0.2) is 4.39 Å². The van der Waals surface area contributed by atoms with Crippen LogP contribution in [-0.2, 0) is 0 Å². The fourth-order valence-electron chi connectivity index (χ4n) is 3.13. The fourth-order valence-corrected chi connectivity index (χ4v) is 3.59. The summed E-state index contributed by atoms with van der Waals surface area (Å²) in [6.07, 6.45) is 6.44. The van der Waals surface area contributed by atoms with Crippen molar-refractivity contribution < 1.29 is 4.39 Å². The van der Waals surface area contributed by atoms with Crippen molar-refractivity contribution in [2.45, 2.75) is 52.0 Å². The zero-order chi connectivity index (χ0) is 13.8. The predicted octanol–water partition coefficient (Wildman–Crippen LogP) is 5.61. The molecule has 0 heterocycles. The minimum Gasteiger partial charge on any atom is -0.381 e. The van der Waals surface area contributed by atoms with E-state index in [1.165, 1.54) is 44.2 Å². The quantitative estimate of drug-likeness (QED) is 0.758. The van der Waals surface area contributed by atoms with Crippen LogP contribution in [0.15, 0.2) is 22.7 Å². The van der Waals surface area contributed by atoms with Crippen LogP contribution in [0.1, 0.15) is 46.0 Å². The van der Waals surface area contributed by atoms with E-state index in [9.17, 15) is 4.39 Å². The second-order valence-electron chi connectivity index (χ2n) is 6.13. The van der Waals surface area contributed by atoms with Crippen molar-refractivity contribution in [1.29, 1.82) is 0 Å². The molecule has 3 heteroatoms. The molecular weight excluding hydrogens is 305 g/mol. The van der Waals surface area contributed by atoms with Gasteiger partial charge < -0.3 is 5.32 Å². The van der Waals surface area contributed by atoms with Crippen LogP contribution < -0.4 is 5.32 Å². The summed E-state index contributed by atoms with van der Waals surface area (Å²) in [5, 5.41) is 3.57. The number of benzene rings is 1. The van der Waals surface area contributed by atoms with Crippen LogP contribution in [0.3, 0.4) is 0 Å². The first-order valence-corrected chi connectivity index (χ1v) is 8.05. The molecule has 0 spiro atoms. The normalized spacial score (nSPS) is 23.6. The summed E-state index contributed by atoms with van der Waals surface area (Å²) in [5.41, 5.74) is 1.01. The Bertz CT molecular complexity index is 419. The van der Waals surface area contributed by atoms with E-state index in [2.05, 4.69) is 35.1 Å².